The second-order valence-electron chi connectivity index (χ2n) is 12.4. The van der Waals surface area contributed by atoms with Crippen molar-refractivity contribution in [2.45, 2.75) is 74.5 Å². The third-order valence-corrected chi connectivity index (χ3v) is 10.4. The molecule has 1 saturated heterocycles. The number of ether oxygens (including phenoxy) is 1. The van der Waals surface area contributed by atoms with Crippen molar-refractivity contribution in [2.24, 2.45) is 0 Å². The summed E-state index contributed by atoms with van der Waals surface area (Å²) in [5.41, 5.74) is 5.74. The second-order valence-corrected chi connectivity index (χ2v) is 14.0. The van der Waals surface area contributed by atoms with E-state index in [1.807, 2.05) is 17.0 Å². The quantitative estimate of drug-likeness (QED) is 0.243. The Hall–Kier alpha value is -2.96. The van der Waals surface area contributed by atoms with Crippen LogP contribution in [0.1, 0.15) is 70.4 Å². The van der Waals surface area contributed by atoms with Crippen LogP contribution in [-0.4, -0.2) is 39.9 Å². The number of benzene rings is 3. The number of thioether (sulfide) groups is 1. The molecular formula is C33H35ClN2O3S. The summed E-state index contributed by atoms with van der Waals surface area (Å²) in [6.07, 6.45) is 1.58. The molecule has 6 rings (SSSR count). The Morgan fingerprint density at radius 3 is 2.38 bits per heavy atom. The van der Waals surface area contributed by atoms with E-state index in [1.54, 1.807) is 11.8 Å². The van der Waals surface area contributed by atoms with E-state index in [4.69, 9.17) is 25.7 Å². The molecular weight excluding hydrogens is 540 g/mol. The number of oxazole rings is 1. The fourth-order valence-corrected chi connectivity index (χ4v) is 7.67. The molecule has 5 nitrogen and oxygen atoms in total. The molecule has 0 radical (unpaired) electrons. The van der Waals surface area contributed by atoms with Crippen molar-refractivity contribution in [1.82, 2.24) is 9.88 Å². The average molecular weight is 575 g/mol. The van der Waals surface area contributed by atoms with Crippen LogP contribution in [0.5, 0.6) is 0 Å². The summed E-state index contributed by atoms with van der Waals surface area (Å²) in [4.78, 5) is 21.1. The molecule has 1 fully saturated rings. The topological polar surface area (TPSA) is 55.6 Å². The van der Waals surface area contributed by atoms with Crippen LogP contribution in [-0.2, 0) is 10.2 Å². The number of hydrogen-bond donors (Lipinski definition) is 0. The molecule has 1 aromatic heterocycles. The molecule has 0 N–H and O–H groups in total. The van der Waals surface area contributed by atoms with E-state index >= 15 is 0 Å². The predicted octanol–water partition coefficient (Wildman–Crippen LogP) is 9.06. The van der Waals surface area contributed by atoms with Crippen molar-refractivity contribution in [1.29, 1.82) is 0 Å². The van der Waals surface area contributed by atoms with Crippen molar-refractivity contribution in [2.75, 3.05) is 13.2 Å². The number of hydrogen-bond acceptors (Lipinski definition) is 5. The van der Waals surface area contributed by atoms with Gasteiger partial charge in [0.25, 0.3) is 0 Å². The summed E-state index contributed by atoms with van der Waals surface area (Å²) in [5, 5.41) is 0.746. The van der Waals surface area contributed by atoms with Gasteiger partial charge in [-0.25, -0.2) is 9.78 Å². The number of aromatic nitrogens is 1. The number of carbonyl (C=O) groups excluding carboxylic acids is 1. The Morgan fingerprint density at radius 1 is 1.07 bits per heavy atom. The van der Waals surface area contributed by atoms with Gasteiger partial charge in [-0.2, -0.15) is 0 Å². The highest BCUT2D eigenvalue weighted by Gasteiger charge is 2.43. The number of rotatable bonds is 4. The largest absolute Gasteiger partial charge is 0.448 e. The highest BCUT2D eigenvalue weighted by Crippen LogP contribution is 2.47. The molecule has 0 saturated carbocycles. The van der Waals surface area contributed by atoms with Crippen molar-refractivity contribution in [3.63, 3.8) is 0 Å². The summed E-state index contributed by atoms with van der Waals surface area (Å²) in [6.45, 7) is 11.5. The fourth-order valence-electron chi connectivity index (χ4n) is 5.97. The molecule has 0 spiro atoms. The lowest BCUT2D eigenvalue weighted by atomic mass is 9.90. The Labute approximate surface area is 245 Å². The van der Waals surface area contributed by atoms with Crippen LogP contribution in [0, 0.1) is 0 Å². The van der Waals surface area contributed by atoms with Crippen molar-refractivity contribution >= 4 is 40.6 Å². The smallest absolute Gasteiger partial charge is 0.410 e. The number of amides is 1. The van der Waals surface area contributed by atoms with Crippen LogP contribution in [0.25, 0.3) is 22.2 Å². The van der Waals surface area contributed by atoms with Gasteiger partial charge in [-0.1, -0.05) is 80.9 Å². The lowest BCUT2D eigenvalue weighted by molar-refractivity contribution is 0.0451. The van der Waals surface area contributed by atoms with Gasteiger partial charge in [0.15, 0.2) is 5.58 Å². The van der Waals surface area contributed by atoms with Gasteiger partial charge < -0.3 is 14.1 Å². The summed E-state index contributed by atoms with van der Waals surface area (Å²) in [5.74, 6) is 0.726. The van der Waals surface area contributed by atoms with Crippen molar-refractivity contribution in [3.05, 3.63) is 82.7 Å². The standard InChI is InChI=1S/C33H35ClN2O3S/c1-32(2,3)30-35-26-17-16-25(34)29(28(26)39-30)40-27-15-10-18-36(33(27,4)5)31(37)38-19-24-22-13-8-6-11-20(22)21-12-7-9-14-23(21)24/h6-9,11-14,16-17,24,27H,10,15,18-19H2,1-5H3. The number of fused-ring (bicyclic) bond motifs is 4. The van der Waals surface area contributed by atoms with E-state index < -0.39 is 5.54 Å². The van der Waals surface area contributed by atoms with Gasteiger partial charge in [-0.3, -0.25) is 0 Å². The van der Waals surface area contributed by atoms with E-state index in [0.29, 0.717) is 24.1 Å². The SMILES string of the molecule is CC(C)(C)c1nc2ccc(Cl)c(SC3CCCN(C(=O)OCC4c5ccccc5-c5ccccc54)C3(C)C)c2o1. The first kappa shape index (κ1) is 27.2. The third kappa shape index (κ3) is 4.69. The monoisotopic (exact) mass is 574 g/mol. The molecule has 2 heterocycles. The molecule has 4 aromatic rings. The number of likely N-dealkylation sites (tertiary alicyclic amines) is 1. The van der Waals surface area contributed by atoms with E-state index in [1.165, 1.54) is 22.3 Å². The molecule has 1 unspecified atom stereocenters. The zero-order valence-electron chi connectivity index (χ0n) is 23.7. The molecule has 40 heavy (non-hydrogen) atoms. The van der Waals surface area contributed by atoms with Gasteiger partial charge in [-0.15, -0.1) is 11.8 Å². The molecule has 2 aliphatic rings. The summed E-state index contributed by atoms with van der Waals surface area (Å²) in [6, 6.07) is 20.6. The van der Waals surface area contributed by atoms with E-state index in [-0.39, 0.29) is 22.7 Å². The van der Waals surface area contributed by atoms with Crippen molar-refractivity contribution < 1.29 is 13.9 Å². The number of carbonyl (C=O) groups is 1. The van der Waals surface area contributed by atoms with Crippen LogP contribution in [0.4, 0.5) is 4.79 Å². The maximum Gasteiger partial charge on any atom is 0.410 e. The Morgan fingerprint density at radius 2 is 1.73 bits per heavy atom. The van der Waals surface area contributed by atoms with E-state index in [9.17, 15) is 4.79 Å². The second kappa shape index (κ2) is 10.1. The van der Waals surface area contributed by atoms with Gasteiger partial charge in [0.1, 0.15) is 12.1 Å². The zero-order valence-corrected chi connectivity index (χ0v) is 25.2. The molecule has 0 bridgehead atoms. The lowest BCUT2D eigenvalue weighted by Gasteiger charge is -2.47. The molecule has 1 amide bonds. The van der Waals surface area contributed by atoms with Gasteiger partial charge in [0, 0.05) is 23.1 Å². The average Bonchev–Trinajstić information content (AvgIpc) is 3.50. The van der Waals surface area contributed by atoms with Gasteiger partial charge in [0.05, 0.1) is 15.5 Å². The van der Waals surface area contributed by atoms with Gasteiger partial charge in [0.2, 0.25) is 5.89 Å². The first-order chi connectivity index (χ1) is 19.1. The van der Waals surface area contributed by atoms with Crippen LogP contribution in [0.3, 0.4) is 0 Å². The lowest BCUT2D eigenvalue weighted by Crippen LogP contribution is -2.57. The van der Waals surface area contributed by atoms with Gasteiger partial charge >= 0.3 is 6.09 Å². The summed E-state index contributed by atoms with van der Waals surface area (Å²) >= 11 is 8.41. The van der Waals surface area contributed by atoms with Crippen LogP contribution in [0.15, 0.2) is 70.0 Å². The molecule has 1 atom stereocenters. The van der Waals surface area contributed by atoms with Crippen LogP contribution in [0.2, 0.25) is 5.02 Å². The molecule has 1 aliphatic carbocycles. The summed E-state index contributed by atoms with van der Waals surface area (Å²) in [7, 11) is 0. The van der Waals surface area contributed by atoms with Gasteiger partial charge in [-0.05, 0) is 61.1 Å². The predicted molar refractivity (Wildman–Crippen MR) is 162 cm³/mol. The number of piperidine rings is 1. The number of nitrogens with zero attached hydrogens (tertiary/aromatic N) is 2. The molecule has 208 valence electrons. The zero-order chi connectivity index (χ0) is 28.2. The Bertz CT molecular complexity index is 1540. The van der Waals surface area contributed by atoms with Crippen LogP contribution >= 0.6 is 23.4 Å². The highest BCUT2D eigenvalue weighted by molar-refractivity contribution is 8.00. The minimum Gasteiger partial charge on any atom is -0.448 e. The Kier molecular flexibility index (Phi) is 6.90. The Balaban J connectivity index is 1.22. The third-order valence-electron chi connectivity index (χ3n) is 8.25. The molecule has 3 aromatic carbocycles. The fraction of sp³-hybridized carbons (Fsp3) is 0.394. The maximum atomic E-state index is 13.6. The maximum absolute atomic E-state index is 13.6. The highest BCUT2D eigenvalue weighted by atomic mass is 35.5. The minimum absolute atomic E-state index is 0.0364. The normalized spacial score (nSPS) is 18.6. The minimum atomic E-state index is -0.455. The first-order valence-electron chi connectivity index (χ1n) is 13.9. The van der Waals surface area contributed by atoms with E-state index in [0.717, 1.165) is 28.8 Å². The molecule has 1 aliphatic heterocycles. The molecule has 7 heteroatoms. The van der Waals surface area contributed by atoms with E-state index in [2.05, 4.69) is 83.1 Å². The number of halogens is 1. The van der Waals surface area contributed by atoms with Crippen molar-refractivity contribution in [3.8, 4) is 11.1 Å². The first-order valence-corrected chi connectivity index (χ1v) is 15.2. The van der Waals surface area contributed by atoms with Crippen LogP contribution < -0.4 is 0 Å². The summed E-state index contributed by atoms with van der Waals surface area (Å²) < 4.78 is 12.3.